The molecule has 1 aromatic carbocycles. The first-order valence-electron chi connectivity index (χ1n) is 7.64. The van der Waals surface area contributed by atoms with E-state index in [2.05, 4.69) is 26.1 Å². The first kappa shape index (κ1) is 14.9. The number of benzene rings is 1. The van der Waals surface area contributed by atoms with Crippen molar-refractivity contribution in [3.8, 4) is 0 Å². The second-order valence-electron chi connectivity index (χ2n) is 6.49. The molecule has 1 saturated carbocycles. The number of nitrogens with two attached hydrogens (primary N) is 1. The summed E-state index contributed by atoms with van der Waals surface area (Å²) in [6.45, 7) is 6.76. The zero-order valence-corrected chi connectivity index (χ0v) is 12.7. The Morgan fingerprint density at radius 1 is 1.30 bits per heavy atom. The van der Waals surface area contributed by atoms with Crippen molar-refractivity contribution in [2.45, 2.75) is 46.1 Å². The van der Waals surface area contributed by atoms with Gasteiger partial charge in [-0.1, -0.05) is 39.3 Å². The molecule has 1 fully saturated rings. The molecule has 110 valence electrons. The second kappa shape index (κ2) is 6.29. The Bertz CT molecular complexity index is 470. The van der Waals surface area contributed by atoms with Crippen molar-refractivity contribution in [3.63, 3.8) is 0 Å². The van der Waals surface area contributed by atoms with Gasteiger partial charge in [0.25, 0.3) is 5.91 Å². The highest BCUT2D eigenvalue weighted by Crippen LogP contribution is 2.33. The second-order valence-corrected chi connectivity index (χ2v) is 6.49. The predicted molar refractivity (Wildman–Crippen MR) is 83.5 cm³/mol. The topological polar surface area (TPSA) is 55.1 Å². The molecule has 1 amide bonds. The van der Waals surface area contributed by atoms with Gasteiger partial charge in [0.1, 0.15) is 0 Å². The molecule has 3 N–H and O–H groups in total. The molecule has 0 heterocycles. The van der Waals surface area contributed by atoms with Crippen LogP contribution in [0.5, 0.6) is 0 Å². The largest absolute Gasteiger partial charge is 0.398 e. The fraction of sp³-hybridized carbons (Fsp3) is 0.588. The van der Waals surface area contributed by atoms with Crippen molar-refractivity contribution >= 4 is 11.6 Å². The van der Waals surface area contributed by atoms with E-state index in [1.165, 1.54) is 12.8 Å². The number of anilines is 1. The number of carbonyl (C=O) groups excluding carboxylic acids is 1. The van der Waals surface area contributed by atoms with Crippen LogP contribution >= 0.6 is 0 Å². The molecule has 0 aliphatic heterocycles. The molecule has 0 bridgehead atoms. The highest BCUT2D eigenvalue weighted by molar-refractivity contribution is 5.99. The maximum Gasteiger partial charge on any atom is 0.253 e. The third-order valence-electron chi connectivity index (χ3n) is 4.54. The molecule has 2 rings (SSSR count). The van der Waals surface area contributed by atoms with Crippen LogP contribution in [0, 0.1) is 17.8 Å². The highest BCUT2D eigenvalue weighted by atomic mass is 16.1. The normalized spacial score (nSPS) is 26.5. The summed E-state index contributed by atoms with van der Waals surface area (Å²) < 4.78 is 0. The summed E-state index contributed by atoms with van der Waals surface area (Å²) in [5, 5.41) is 3.22. The molecule has 0 aromatic heterocycles. The van der Waals surface area contributed by atoms with E-state index in [4.69, 9.17) is 5.73 Å². The van der Waals surface area contributed by atoms with Gasteiger partial charge in [-0.05, 0) is 42.7 Å². The van der Waals surface area contributed by atoms with E-state index < -0.39 is 0 Å². The number of hydrogen-bond acceptors (Lipinski definition) is 2. The van der Waals surface area contributed by atoms with E-state index >= 15 is 0 Å². The van der Waals surface area contributed by atoms with E-state index in [1.54, 1.807) is 12.1 Å². The number of hydrogen-bond donors (Lipinski definition) is 2. The Hall–Kier alpha value is -1.51. The highest BCUT2D eigenvalue weighted by Gasteiger charge is 2.31. The smallest absolute Gasteiger partial charge is 0.253 e. The van der Waals surface area contributed by atoms with Crippen LogP contribution in [0.25, 0.3) is 0 Å². The monoisotopic (exact) mass is 274 g/mol. The average molecular weight is 274 g/mol. The molecule has 1 aliphatic carbocycles. The minimum atomic E-state index is -0.0344. The van der Waals surface area contributed by atoms with E-state index in [-0.39, 0.29) is 11.9 Å². The molecule has 0 saturated heterocycles. The van der Waals surface area contributed by atoms with Crippen LogP contribution in [0.15, 0.2) is 24.3 Å². The third-order valence-corrected chi connectivity index (χ3v) is 4.54. The van der Waals surface area contributed by atoms with E-state index in [0.717, 1.165) is 6.42 Å². The van der Waals surface area contributed by atoms with E-state index in [9.17, 15) is 4.79 Å². The Morgan fingerprint density at radius 2 is 2.00 bits per heavy atom. The number of nitrogen functional groups attached to an aromatic ring is 1. The minimum Gasteiger partial charge on any atom is -0.398 e. The molecule has 3 atom stereocenters. The first-order valence-corrected chi connectivity index (χ1v) is 7.64. The van der Waals surface area contributed by atoms with Gasteiger partial charge in [0.15, 0.2) is 0 Å². The van der Waals surface area contributed by atoms with Crippen molar-refractivity contribution in [2.75, 3.05) is 5.73 Å². The molecule has 1 aromatic rings. The van der Waals surface area contributed by atoms with Crippen LogP contribution in [0.3, 0.4) is 0 Å². The van der Waals surface area contributed by atoms with Crippen molar-refractivity contribution in [2.24, 2.45) is 17.8 Å². The molecule has 20 heavy (non-hydrogen) atoms. The molecule has 3 nitrogen and oxygen atoms in total. The summed E-state index contributed by atoms with van der Waals surface area (Å²) in [6, 6.07) is 7.55. The zero-order chi connectivity index (χ0) is 14.7. The van der Waals surface area contributed by atoms with Gasteiger partial charge in [-0.3, -0.25) is 4.79 Å². The lowest BCUT2D eigenvalue weighted by Gasteiger charge is -2.37. The zero-order valence-electron chi connectivity index (χ0n) is 12.7. The molecular weight excluding hydrogens is 248 g/mol. The molecule has 0 spiro atoms. The predicted octanol–water partition coefficient (Wildman–Crippen LogP) is 3.46. The standard InChI is InChI=1S/C17H26N2O/c1-11(2)13-9-8-12(3)10-16(13)19-17(20)14-6-4-5-7-15(14)18/h4-7,11-13,16H,8-10,18H2,1-3H3,(H,19,20). The Balaban J connectivity index is 2.10. The van der Waals surface area contributed by atoms with Gasteiger partial charge in [0.2, 0.25) is 0 Å². The number of para-hydroxylation sites is 1. The van der Waals surface area contributed by atoms with Crippen LogP contribution in [0.4, 0.5) is 5.69 Å². The Morgan fingerprint density at radius 3 is 2.65 bits per heavy atom. The van der Waals surface area contributed by atoms with Crippen molar-refractivity contribution < 1.29 is 4.79 Å². The van der Waals surface area contributed by atoms with E-state index in [1.807, 2.05) is 12.1 Å². The fourth-order valence-corrected chi connectivity index (χ4v) is 3.32. The summed E-state index contributed by atoms with van der Waals surface area (Å²) in [7, 11) is 0. The van der Waals surface area contributed by atoms with Gasteiger partial charge in [-0.2, -0.15) is 0 Å². The third kappa shape index (κ3) is 3.33. The number of rotatable bonds is 3. The van der Waals surface area contributed by atoms with Crippen LogP contribution in [0.1, 0.15) is 50.4 Å². The summed E-state index contributed by atoms with van der Waals surface area (Å²) in [4.78, 5) is 12.4. The summed E-state index contributed by atoms with van der Waals surface area (Å²) in [5.41, 5.74) is 7.03. The quantitative estimate of drug-likeness (QED) is 0.829. The molecule has 0 radical (unpaired) electrons. The summed E-state index contributed by atoms with van der Waals surface area (Å²) in [5.74, 6) is 1.82. The van der Waals surface area contributed by atoms with Crippen molar-refractivity contribution in [1.29, 1.82) is 0 Å². The van der Waals surface area contributed by atoms with Crippen LogP contribution in [-0.4, -0.2) is 11.9 Å². The molecule has 3 unspecified atom stereocenters. The van der Waals surface area contributed by atoms with Gasteiger partial charge in [-0.15, -0.1) is 0 Å². The fourth-order valence-electron chi connectivity index (χ4n) is 3.32. The molecule has 3 heteroatoms. The van der Waals surface area contributed by atoms with Crippen LogP contribution < -0.4 is 11.1 Å². The molecular formula is C17H26N2O. The lowest BCUT2D eigenvalue weighted by molar-refractivity contribution is 0.0869. The first-order chi connectivity index (χ1) is 9.49. The maximum absolute atomic E-state index is 12.4. The van der Waals surface area contributed by atoms with Gasteiger partial charge in [0, 0.05) is 11.7 Å². The Kier molecular flexibility index (Phi) is 4.69. The van der Waals surface area contributed by atoms with Crippen LogP contribution in [-0.2, 0) is 0 Å². The van der Waals surface area contributed by atoms with E-state index in [0.29, 0.717) is 29.0 Å². The number of nitrogens with one attached hydrogen (secondary N) is 1. The minimum absolute atomic E-state index is 0.0344. The van der Waals surface area contributed by atoms with Gasteiger partial charge >= 0.3 is 0 Å². The van der Waals surface area contributed by atoms with Crippen LogP contribution in [0.2, 0.25) is 0 Å². The number of carbonyl (C=O) groups is 1. The van der Waals surface area contributed by atoms with Gasteiger partial charge in [0.05, 0.1) is 5.56 Å². The molecule has 1 aliphatic rings. The summed E-state index contributed by atoms with van der Waals surface area (Å²) >= 11 is 0. The maximum atomic E-state index is 12.4. The lowest BCUT2D eigenvalue weighted by Crippen LogP contribution is -2.45. The lowest BCUT2D eigenvalue weighted by atomic mass is 9.74. The number of amides is 1. The van der Waals surface area contributed by atoms with Crippen molar-refractivity contribution in [1.82, 2.24) is 5.32 Å². The Labute approximate surface area is 121 Å². The average Bonchev–Trinajstić information content (AvgIpc) is 2.38. The SMILES string of the molecule is CC1CCC(C(C)C)C(NC(=O)c2ccccc2N)C1. The van der Waals surface area contributed by atoms with Gasteiger partial charge < -0.3 is 11.1 Å². The van der Waals surface area contributed by atoms with Gasteiger partial charge in [-0.25, -0.2) is 0 Å². The summed E-state index contributed by atoms with van der Waals surface area (Å²) in [6.07, 6.45) is 3.54. The van der Waals surface area contributed by atoms with Crippen molar-refractivity contribution in [3.05, 3.63) is 29.8 Å².